The highest BCUT2D eigenvalue weighted by Crippen LogP contribution is 2.39. The summed E-state index contributed by atoms with van der Waals surface area (Å²) in [4.78, 5) is 14.5. The average molecular weight is 248 g/mol. The molecule has 4 nitrogen and oxygen atoms in total. The van der Waals surface area contributed by atoms with Crippen molar-refractivity contribution < 1.29 is 9.53 Å². The van der Waals surface area contributed by atoms with Crippen LogP contribution in [-0.2, 0) is 15.1 Å². The van der Waals surface area contributed by atoms with Gasteiger partial charge in [0, 0.05) is 24.9 Å². The fraction of sp³-hybridized carbons (Fsp3) is 0.500. The fourth-order valence-corrected chi connectivity index (χ4v) is 2.60. The number of fused-ring (bicyclic) bond motifs is 1. The zero-order valence-electron chi connectivity index (χ0n) is 11.2. The Morgan fingerprint density at radius 2 is 2.11 bits per heavy atom. The smallest absolute Gasteiger partial charge is 0.249 e. The second-order valence-corrected chi connectivity index (χ2v) is 4.64. The Bertz CT molecular complexity index is 447. The second kappa shape index (κ2) is 5.08. The molecule has 1 aliphatic rings. The Morgan fingerprint density at radius 3 is 2.78 bits per heavy atom. The molecule has 0 saturated carbocycles. The summed E-state index contributed by atoms with van der Waals surface area (Å²) in [7, 11) is 1.68. The second-order valence-electron chi connectivity index (χ2n) is 4.64. The van der Waals surface area contributed by atoms with Gasteiger partial charge in [-0.3, -0.25) is 9.69 Å². The van der Waals surface area contributed by atoms with Crippen LogP contribution in [0.25, 0.3) is 0 Å². The van der Waals surface area contributed by atoms with E-state index in [0.717, 1.165) is 24.3 Å². The van der Waals surface area contributed by atoms with Gasteiger partial charge in [0.25, 0.3) is 0 Å². The molecule has 1 amide bonds. The molecular formula is C14H20N2O2. The van der Waals surface area contributed by atoms with Gasteiger partial charge >= 0.3 is 0 Å². The van der Waals surface area contributed by atoms with Crippen LogP contribution in [0, 0.1) is 0 Å². The molecule has 1 aromatic rings. The molecule has 1 unspecified atom stereocenters. The number of nitrogens with one attached hydrogen (secondary N) is 1. The van der Waals surface area contributed by atoms with Gasteiger partial charge in [-0.15, -0.1) is 0 Å². The molecule has 0 saturated heterocycles. The molecule has 0 radical (unpaired) electrons. The van der Waals surface area contributed by atoms with Gasteiger partial charge in [0.2, 0.25) is 5.91 Å². The van der Waals surface area contributed by atoms with E-state index in [4.69, 9.17) is 4.74 Å². The summed E-state index contributed by atoms with van der Waals surface area (Å²) >= 11 is 0. The molecule has 1 aromatic carbocycles. The number of benzene rings is 1. The molecule has 0 fully saturated rings. The average Bonchev–Trinajstić information content (AvgIpc) is 2.64. The van der Waals surface area contributed by atoms with Crippen molar-refractivity contribution in [1.29, 1.82) is 0 Å². The topological polar surface area (TPSA) is 41.6 Å². The van der Waals surface area contributed by atoms with Gasteiger partial charge in [0.05, 0.1) is 6.61 Å². The van der Waals surface area contributed by atoms with Crippen LogP contribution in [-0.4, -0.2) is 37.6 Å². The van der Waals surface area contributed by atoms with Crippen LogP contribution < -0.4 is 5.32 Å². The van der Waals surface area contributed by atoms with E-state index >= 15 is 0 Å². The van der Waals surface area contributed by atoms with Crippen molar-refractivity contribution in [3.8, 4) is 0 Å². The van der Waals surface area contributed by atoms with Crippen molar-refractivity contribution in [3.05, 3.63) is 29.8 Å². The number of hydrogen-bond acceptors (Lipinski definition) is 3. The van der Waals surface area contributed by atoms with Crippen molar-refractivity contribution in [1.82, 2.24) is 4.90 Å². The first-order valence-corrected chi connectivity index (χ1v) is 6.29. The van der Waals surface area contributed by atoms with Crippen LogP contribution in [0.3, 0.4) is 0 Å². The van der Waals surface area contributed by atoms with E-state index < -0.39 is 5.54 Å². The highest BCUT2D eigenvalue weighted by atomic mass is 16.5. The third-order valence-corrected chi connectivity index (χ3v) is 3.72. The highest BCUT2D eigenvalue weighted by molar-refractivity contribution is 6.05. The van der Waals surface area contributed by atoms with Crippen LogP contribution >= 0.6 is 0 Å². The molecule has 0 aromatic heterocycles. The van der Waals surface area contributed by atoms with E-state index in [9.17, 15) is 4.79 Å². The predicted octanol–water partition coefficient (Wildman–Crippen LogP) is 1.82. The summed E-state index contributed by atoms with van der Waals surface area (Å²) in [6.45, 7) is 6.22. The highest BCUT2D eigenvalue weighted by Gasteiger charge is 2.46. The number of para-hydroxylation sites is 1. The van der Waals surface area contributed by atoms with E-state index in [1.54, 1.807) is 7.11 Å². The minimum atomic E-state index is -0.593. The lowest BCUT2D eigenvalue weighted by atomic mass is 9.91. The van der Waals surface area contributed by atoms with Gasteiger partial charge in [-0.05, 0) is 19.5 Å². The van der Waals surface area contributed by atoms with Crippen LogP contribution in [0.4, 0.5) is 5.69 Å². The zero-order chi connectivity index (χ0) is 13.2. The minimum Gasteiger partial charge on any atom is -0.383 e. The zero-order valence-corrected chi connectivity index (χ0v) is 11.2. The number of carbonyl (C=O) groups excluding carboxylic acids is 1. The number of rotatable bonds is 5. The molecule has 4 heteroatoms. The predicted molar refractivity (Wildman–Crippen MR) is 71.5 cm³/mol. The van der Waals surface area contributed by atoms with Crippen LogP contribution in [0.15, 0.2) is 24.3 Å². The van der Waals surface area contributed by atoms with Crippen molar-refractivity contribution in [2.24, 2.45) is 0 Å². The summed E-state index contributed by atoms with van der Waals surface area (Å²) < 4.78 is 5.13. The normalized spacial score (nSPS) is 22.1. The van der Waals surface area contributed by atoms with Gasteiger partial charge in [-0.2, -0.15) is 0 Å². The van der Waals surface area contributed by atoms with Crippen LogP contribution in [0.2, 0.25) is 0 Å². The Kier molecular flexibility index (Phi) is 3.68. The first-order valence-electron chi connectivity index (χ1n) is 6.29. The van der Waals surface area contributed by atoms with Gasteiger partial charge in [-0.1, -0.05) is 25.1 Å². The first kappa shape index (κ1) is 13.1. The number of nitrogens with zero attached hydrogens (tertiary/aromatic N) is 1. The number of hydrogen-bond donors (Lipinski definition) is 1. The van der Waals surface area contributed by atoms with Crippen molar-refractivity contribution >= 4 is 11.6 Å². The van der Waals surface area contributed by atoms with Gasteiger partial charge in [-0.25, -0.2) is 0 Å². The molecule has 0 aliphatic carbocycles. The lowest BCUT2D eigenvalue weighted by Gasteiger charge is -2.35. The Balaban J connectivity index is 2.36. The number of anilines is 1. The Morgan fingerprint density at radius 1 is 1.39 bits per heavy atom. The molecule has 1 atom stereocenters. The monoisotopic (exact) mass is 248 g/mol. The lowest BCUT2D eigenvalue weighted by molar-refractivity contribution is -0.127. The minimum absolute atomic E-state index is 0.0432. The summed E-state index contributed by atoms with van der Waals surface area (Å²) in [6.07, 6.45) is 0. The molecule has 1 heterocycles. The molecule has 0 bridgehead atoms. The maximum atomic E-state index is 12.3. The third-order valence-electron chi connectivity index (χ3n) is 3.72. The van der Waals surface area contributed by atoms with Gasteiger partial charge in [0.15, 0.2) is 0 Å². The summed E-state index contributed by atoms with van der Waals surface area (Å²) in [6, 6.07) is 7.88. The number of methoxy groups -OCH3 is 1. The summed E-state index contributed by atoms with van der Waals surface area (Å²) in [5, 5.41) is 2.96. The summed E-state index contributed by atoms with van der Waals surface area (Å²) in [5.41, 5.74) is 1.37. The quantitative estimate of drug-likeness (QED) is 0.864. The van der Waals surface area contributed by atoms with Gasteiger partial charge in [0.1, 0.15) is 5.54 Å². The third kappa shape index (κ3) is 1.91. The fourth-order valence-electron chi connectivity index (χ4n) is 2.60. The van der Waals surface area contributed by atoms with E-state index in [1.165, 1.54) is 0 Å². The maximum absolute atomic E-state index is 12.3. The molecule has 1 N–H and O–H groups in total. The first-order chi connectivity index (χ1) is 8.64. The summed E-state index contributed by atoms with van der Waals surface area (Å²) in [5.74, 6) is 0.0432. The molecule has 1 aliphatic heterocycles. The van der Waals surface area contributed by atoms with Crippen LogP contribution in [0.5, 0.6) is 0 Å². The maximum Gasteiger partial charge on any atom is 0.249 e. The molecular weight excluding hydrogens is 228 g/mol. The van der Waals surface area contributed by atoms with E-state index in [-0.39, 0.29) is 5.91 Å². The van der Waals surface area contributed by atoms with E-state index in [1.807, 2.05) is 31.2 Å². The number of ether oxygens (including phenoxy) is 1. The number of amides is 1. The van der Waals surface area contributed by atoms with Crippen molar-refractivity contribution in [2.75, 3.05) is 32.1 Å². The van der Waals surface area contributed by atoms with Crippen molar-refractivity contribution in [2.45, 2.75) is 19.4 Å². The number of carbonyl (C=O) groups is 1. The van der Waals surface area contributed by atoms with E-state index in [2.05, 4.69) is 17.1 Å². The van der Waals surface area contributed by atoms with Crippen molar-refractivity contribution in [3.63, 3.8) is 0 Å². The molecule has 2 rings (SSSR count). The largest absolute Gasteiger partial charge is 0.383 e. The molecule has 98 valence electrons. The Hall–Kier alpha value is -1.39. The lowest BCUT2D eigenvalue weighted by Crippen LogP contribution is -2.49. The van der Waals surface area contributed by atoms with E-state index in [0.29, 0.717) is 6.61 Å². The Labute approximate surface area is 108 Å². The molecule has 18 heavy (non-hydrogen) atoms. The number of likely N-dealkylation sites (N-methyl/N-ethyl adjacent to an activating group) is 1. The standard InChI is InChI=1S/C14H20N2O2/c1-4-16(9-10-18-3)14(2)11-7-5-6-8-12(11)15-13(14)17/h5-8H,4,9-10H2,1-3H3,(H,15,17). The SMILES string of the molecule is CCN(CCOC)C1(C)C(=O)Nc2ccccc21. The molecule has 0 spiro atoms. The van der Waals surface area contributed by atoms with Gasteiger partial charge < -0.3 is 10.1 Å². The van der Waals surface area contributed by atoms with Crippen LogP contribution in [0.1, 0.15) is 19.4 Å².